The second kappa shape index (κ2) is 4.17. The molecular weight excluding hydrogens is 249 g/mol. The Hall–Kier alpha value is 0.110. The largest absolute Gasteiger partial charge is 0.296 e. The Bertz CT molecular complexity index is 379. The Kier molecular flexibility index (Phi) is 3.22. The highest BCUT2D eigenvalue weighted by molar-refractivity contribution is 7.99. The smallest absolute Gasteiger partial charge is 0.0809 e. The lowest BCUT2D eigenvalue weighted by Crippen LogP contribution is -2.35. The van der Waals surface area contributed by atoms with Crippen LogP contribution in [0.15, 0.2) is 18.2 Å². The fraction of sp³-hybridized carbons (Fsp3) is 0.455. The first kappa shape index (κ1) is 11.6. The van der Waals surface area contributed by atoms with Crippen LogP contribution in [0, 0.1) is 0 Å². The highest BCUT2D eigenvalue weighted by Gasteiger charge is 2.32. The van der Waals surface area contributed by atoms with Gasteiger partial charge in [-0.2, -0.15) is 0 Å². The zero-order chi connectivity index (χ0) is 11.1. The van der Waals surface area contributed by atoms with E-state index in [4.69, 9.17) is 23.2 Å². The van der Waals surface area contributed by atoms with Crippen molar-refractivity contribution in [3.8, 4) is 0 Å². The number of hydrogen-bond acceptors (Lipinski definition) is 2. The van der Waals surface area contributed by atoms with Crippen LogP contribution in [-0.2, 0) is 0 Å². The molecule has 82 valence electrons. The summed E-state index contributed by atoms with van der Waals surface area (Å²) in [6.07, 6.45) is 0. The van der Waals surface area contributed by atoms with E-state index in [2.05, 4.69) is 19.2 Å². The van der Waals surface area contributed by atoms with E-state index in [9.17, 15) is 0 Å². The first-order valence-corrected chi connectivity index (χ1v) is 6.63. The fourth-order valence-corrected chi connectivity index (χ4v) is 3.53. The van der Waals surface area contributed by atoms with Crippen LogP contribution in [0.5, 0.6) is 0 Å². The SMILES string of the molecule is CC1(C)CSC(c2cc(Cl)ccc2Cl)N1. The van der Waals surface area contributed by atoms with Crippen molar-refractivity contribution in [3.05, 3.63) is 33.8 Å². The van der Waals surface area contributed by atoms with E-state index in [1.807, 2.05) is 30.0 Å². The molecular formula is C11H13Cl2NS. The second-order valence-electron chi connectivity index (χ2n) is 4.39. The number of halogens is 2. The molecule has 0 radical (unpaired) electrons. The summed E-state index contributed by atoms with van der Waals surface area (Å²) < 4.78 is 0. The van der Waals surface area contributed by atoms with Gasteiger partial charge >= 0.3 is 0 Å². The quantitative estimate of drug-likeness (QED) is 0.817. The average molecular weight is 262 g/mol. The summed E-state index contributed by atoms with van der Waals surface area (Å²) in [5.74, 6) is 1.08. The van der Waals surface area contributed by atoms with Crippen molar-refractivity contribution in [2.75, 3.05) is 5.75 Å². The van der Waals surface area contributed by atoms with E-state index in [1.54, 1.807) is 0 Å². The predicted octanol–water partition coefficient (Wildman–Crippen LogP) is 4.11. The molecule has 4 heteroatoms. The number of rotatable bonds is 1. The van der Waals surface area contributed by atoms with Gasteiger partial charge in [0.25, 0.3) is 0 Å². The summed E-state index contributed by atoms with van der Waals surface area (Å²) in [7, 11) is 0. The minimum Gasteiger partial charge on any atom is -0.296 e. The molecule has 0 saturated carbocycles. The first-order chi connectivity index (χ1) is 6.98. The third kappa shape index (κ3) is 2.62. The molecule has 15 heavy (non-hydrogen) atoms. The van der Waals surface area contributed by atoms with Gasteiger partial charge in [-0.3, -0.25) is 5.32 Å². The molecule has 1 unspecified atom stereocenters. The monoisotopic (exact) mass is 261 g/mol. The maximum Gasteiger partial charge on any atom is 0.0809 e. The van der Waals surface area contributed by atoms with Gasteiger partial charge < -0.3 is 0 Å². The molecule has 1 aliphatic heterocycles. The summed E-state index contributed by atoms with van der Waals surface area (Å²) in [6, 6.07) is 5.61. The van der Waals surface area contributed by atoms with Crippen molar-refractivity contribution in [3.63, 3.8) is 0 Å². The van der Waals surface area contributed by atoms with E-state index >= 15 is 0 Å². The Labute approximate surface area is 105 Å². The number of hydrogen-bond donors (Lipinski definition) is 1. The molecule has 2 rings (SSSR count). The Balaban J connectivity index is 2.27. The van der Waals surface area contributed by atoms with Gasteiger partial charge in [0.05, 0.1) is 5.37 Å². The van der Waals surface area contributed by atoms with E-state index in [0.29, 0.717) is 0 Å². The van der Waals surface area contributed by atoms with Crippen molar-refractivity contribution in [2.45, 2.75) is 24.8 Å². The van der Waals surface area contributed by atoms with Gasteiger partial charge in [-0.1, -0.05) is 23.2 Å². The Morgan fingerprint density at radius 1 is 1.40 bits per heavy atom. The van der Waals surface area contributed by atoms with Gasteiger partial charge in [0.1, 0.15) is 0 Å². The lowest BCUT2D eigenvalue weighted by Gasteiger charge is -2.19. The summed E-state index contributed by atoms with van der Waals surface area (Å²) in [5.41, 5.74) is 1.25. The van der Waals surface area contributed by atoms with Crippen LogP contribution >= 0.6 is 35.0 Å². The molecule has 1 saturated heterocycles. The summed E-state index contributed by atoms with van der Waals surface area (Å²) in [4.78, 5) is 0. The van der Waals surface area contributed by atoms with Gasteiger partial charge in [-0.15, -0.1) is 11.8 Å². The molecule has 1 aromatic carbocycles. The molecule has 1 fully saturated rings. The van der Waals surface area contributed by atoms with Crippen molar-refractivity contribution >= 4 is 35.0 Å². The van der Waals surface area contributed by atoms with Crippen molar-refractivity contribution in [1.82, 2.24) is 5.32 Å². The average Bonchev–Trinajstić information content (AvgIpc) is 2.50. The lowest BCUT2D eigenvalue weighted by atomic mass is 10.1. The minimum atomic E-state index is 0.168. The van der Waals surface area contributed by atoms with E-state index in [1.165, 1.54) is 0 Å². The van der Waals surface area contributed by atoms with Crippen LogP contribution in [-0.4, -0.2) is 11.3 Å². The lowest BCUT2D eigenvalue weighted by molar-refractivity contribution is 0.452. The van der Waals surface area contributed by atoms with Crippen LogP contribution in [0.3, 0.4) is 0 Å². The van der Waals surface area contributed by atoms with Gasteiger partial charge in [0, 0.05) is 21.3 Å². The topological polar surface area (TPSA) is 12.0 Å². The predicted molar refractivity (Wildman–Crippen MR) is 68.9 cm³/mol. The molecule has 1 N–H and O–H groups in total. The Morgan fingerprint density at radius 2 is 2.13 bits per heavy atom. The molecule has 0 aliphatic carbocycles. The standard InChI is InChI=1S/C11H13Cl2NS/c1-11(2)6-15-10(14-11)8-5-7(12)3-4-9(8)13/h3-5,10,14H,6H2,1-2H3. The van der Waals surface area contributed by atoms with Crippen LogP contribution in [0.2, 0.25) is 10.0 Å². The van der Waals surface area contributed by atoms with Gasteiger partial charge in [0.2, 0.25) is 0 Å². The molecule has 0 spiro atoms. The van der Waals surface area contributed by atoms with Gasteiger partial charge in [-0.05, 0) is 37.6 Å². The number of nitrogens with one attached hydrogen (secondary N) is 1. The number of benzene rings is 1. The molecule has 0 amide bonds. The molecule has 0 bridgehead atoms. The molecule has 0 aromatic heterocycles. The number of thioether (sulfide) groups is 1. The van der Waals surface area contributed by atoms with Crippen LogP contribution in [0.25, 0.3) is 0 Å². The normalized spacial score (nSPS) is 24.4. The maximum absolute atomic E-state index is 6.16. The van der Waals surface area contributed by atoms with E-state index in [0.717, 1.165) is 21.4 Å². The zero-order valence-electron chi connectivity index (χ0n) is 8.68. The van der Waals surface area contributed by atoms with E-state index < -0.39 is 0 Å². The van der Waals surface area contributed by atoms with Crippen molar-refractivity contribution in [1.29, 1.82) is 0 Å². The summed E-state index contributed by atoms with van der Waals surface area (Å²) >= 11 is 14.0. The highest BCUT2D eigenvalue weighted by Crippen LogP contribution is 2.40. The maximum atomic E-state index is 6.16. The minimum absolute atomic E-state index is 0.168. The van der Waals surface area contributed by atoms with Gasteiger partial charge in [-0.25, -0.2) is 0 Å². The second-order valence-corrected chi connectivity index (χ2v) is 6.32. The van der Waals surface area contributed by atoms with Gasteiger partial charge in [0.15, 0.2) is 0 Å². The highest BCUT2D eigenvalue weighted by atomic mass is 35.5. The summed E-state index contributed by atoms with van der Waals surface area (Å²) in [5, 5.41) is 5.31. The first-order valence-electron chi connectivity index (χ1n) is 4.82. The third-order valence-electron chi connectivity index (χ3n) is 2.37. The van der Waals surface area contributed by atoms with Crippen molar-refractivity contribution < 1.29 is 0 Å². The summed E-state index contributed by atoms with van der Waals surface area (Å²) in [6.45, 7) is 4.39. The van der Waals surface area contributed by atoms with Crippen LogP contribution in [0.4, 0.5) is 0 Å². The molecule has 1 aromatic rings. The molecule has 1 aliphatic rings. The third-order valence-corrected chi connectivity index (χ3v) is 4.55. The molecule has 1 atom stereocenters. The Morgan fingerprint density at radius 3 is 2.73 bits per heavy atom. The van der Waals surface area contributed by atoms with E-state index in [-0.39, 0.29) is 10.9 Å². The molecule has 1 nitrogen and oxygen atoms in total. The fourth-order valence-electron chi connectivity index (χ4n) is 1.61. The zero-order valence-corrected chi connectivity index (χ0v) is 11.0. The van der Waals surface area contributed by atoms with Crippen LogP contribution < -0.4 is 5.32 Å². The van der Waals surface area contributed by atoms with Crippen LogP contribution in [0.1, 0.15) is 24.8 Å². The van der Waals surface area contributed by atoms with Crippen molar-refractivity contribution in [2.24, 2.45) is 0 Å². The molecule has 1 heterocycles.